The largest absolute Gasteiger partial charge is 0.364 e. The molecule has 0 aromatic heterocycles. The fraction of sp³-hybridized carbons (Fsp3) is 0.600. The highest BCUT2D eigenvalue weighted by molar-refractivity contribution is 5.28. The van der Waals surface area contributed by atoms with Crippen LogP contribution in [0.3, 0.4) is 0 Å². The van der Waals surface area contributed by atoms with Crippen molar-refractivity contribution in [3.05, 3.63) is 46.1 Å². The zero-order chi connectivity index (χ0) is 16.1. The predicted molar refractivity (Wildman–Crippen MR) is 92.6 cm³/mol. The number of hydrogen-bond acceptors (Lipinski definition) is 2. The number of allylic oxidation sites excluding steroid dienone is 5. The molecule has 0 aromatic rings. The van der Waals surface area contributed by atoms with Crippen LogP contribution in [-0.2, 0) is 4.74 Å². The number of aliphatic hydroxyl groups excluding tert-OH is 1. The van der Waals surface area contributed by atoms with E-state index in [0.717, 1.165) is 44.1 Å². The van der Waals surface area contributed by atoms with Gasteiger partial charge in [-0.1, -0.05) is 34.9 Å². The number of aliphatic hydroxyl groups is 1. The zero-order valence-electron chi connectivity index (χ0n) is 14.5. The Hall–Kier alpha value is -1.12. The molecule has 1 unspecified atom stereocenters. The van der Waals surface area contributed by atoms with Crippen LogP contribution in [-0.4, -0.2) is 17.5 Å². The predicted octanol–water partition coefficient (Wildman–Crippen LogP) is 5.21. The van der Waals surface area contributed by atoms with Crippen molar-refractivity contribution < 1.29 is 9.84 Å². The molecule has 1 N–H and O–H groups in total. The van der Waals surface area contributed by atoms with Gasteiger partial charge in [0, 0.05) is 0 Å². The van der Waals surface area contributed by atoms with Gasteiger partial charge >= 0.3 is 0 Å². The Morgan fingerprint density at radius 1 is 0.909 bits per heavy atom. The van der Waals surface area contributed by atoms with E-state index in [2.05, 4.69) is 39.0 Å². The van der Waals surface area contributed by atoms with Crippen LogP contribution in [0.25, 0.3) is 0 Å². The van der Waals surface area contributed by atoms with E-state index < -0.39 is 6.29 Å². The summed E-state index contributed by atoms with van der Waals surface area (Å²) in [4.78, 5) is 0. The van der Waals surface area contributed by atoms with Crippen LogP contribution < -0.4 is 0 Å². The first-order chi connectivity index (χ1) is 10.5. The molecule has 2 nitrogen and oxygen atoms in total. The number of fused-ring (bicyclic) bond motifs is 1. The molecule has 2 atom stereocenters. The van der Waals surface area contributed by atoms with E-state index in [1.165, 1.54) is 22.3 Å². The van der Waals surface area contributed by atoms with Crippen molar-refractivity contribution in [3.63, 3.8) is 0 Å². The summed E-state index contributed by atoms with van der Waals surface area (Å²) in [6.07, 6.45) is 12.6. The van der Waals surface area contributed by atoms with E-state index in [1.807, 2.05) is 6.92 Å². The first kappa shape index (κ1) is 17.2. The van der Waals surface area contributed by atoms with Crippen LogP contribution in [0.5, 0.6) is 0 Å². The van der Waals surface area contributed by atoms with Gasteiger partial charge in [-0.25, -0.2) is 0 Å². The van der Waals surface area contributed by atoms with Gasteiger partial charge in [0.1, 0.15) is 0 Å². The summed E-state index contributed by atoms with van der Waals surface area (Å²) in [5.41, 5.74) is 6.54. The maximum absolute atomic E-state index is 10.0. The summed E-state index contributed by atoms with van der Waals surface area (Å²) in [6.45, 7) is 8.61. The molecule has 0 saturated carbocycles. The van der Waals surface area contributed by atoms with E-state index in [0.29, 0.717) is 0 Å². The second-order valence-electron chi connectivity index (χ2n) is 6.82. The zero-order valence-corrected chi connectivity index (χ0v) is 14.5. The molecular weight excluding hydrogens is 272 g/mol. The third-order valence-corrected chi connectivity index (χ3v) is 4.80. The molecule has 0 bridgehead atoms. The van der Waals surface area contributed by atoms with E-state index >= 15 is 0 Å². The second-order valence-corrected chi connectivity index (χ2v) is 6.82. The van der Waals surface area contributed by atoms with Gasteiger partial charge in [-0.3, -0.25) is 0 Å². The summed E-state index contributed by atoms with van der Waals surface area (Å²) in [7, 11) is 0. The highest BCUT2D eigenvalue weighted by Gasteiger charge is 2.29. The maximum Gasteiger partial charge on any atom is 0.177 e. The van der Waals surface area contributed by atoms with Crippen molar-refractivity contribution in [2.75, 3.05) is 0 Å². The lowest BCUT2D eigenvalue weighted by molar-refractivity contribution is -0.0801. The Labute approximate surface area is 135 Å². The Kier molecular flexibility index (Phi) is 6.22. The van der Waals surface area contributed by atoms with Crippen LogP contribution in [0.4, 0.5) is 0 Å². The lowest BCUT2D eigenvalue weighted by Crippen LogP contribution is -2.15. The quantitative estimate of drug-likeness (QED) is 0.622. The molecule has 2 aliphatic rings. The van der Waals surface area contributed by atoms with Crippen LogP contribution in [0.2, 0.25) is 0 Å². The summed E-state index contributed by atoms with van der Waals surface area (Å²) in [6, 6.07) is 0. The minimum atomic E-state index is -0.721. The average molecular weight is 302 g/mol. The SMILES string of the molecule is CC1=C2C/C=C(\C)CC/C=C(\C)CC/C=C(\C)C[C@@H]2OC1O. The molecular formula is C20H30O2. The third-order valence-electron chi connectivity index (χ3n) is 4.80. The van der Waals surface area contributed by atoms with Crippen LogP contribution in [0.15, 0.2) is 46.1 Å². The Morgan fingerprint density at radius 2 is 1.50 bits per heavy atom. The average Bonchev–Trinajstić information content (AvgIpc) is 2.71. The maximum atomic E-state index is 10.0. The Balaban J connectivity index is 2.21. The first-order valence-corrected chi connectivity index (χ1v) is 8.47. The number of rotatable bonds is 0. The van der Waals surface area contributed by atoms with Crippen LogP contribution in [0.1, 0.15) is 66.2 Å². The van der Waals surface area contributed by atoms with Crippen molar-refractivity contribution >= 4 is 0 Å². The topological polar surface area (TPSA) is 29.5 Å². The summed E-state index contributed by atoms with van der Waals surface area (Å²) in [5.74, 6) is 0. The van der Waals surface area contributed by atoms with Gasteiger partial charge in [-0.2, -0.15) is 0 Å². The highest BCUT2D eigenvalue weighted by atomic mass is 16.6. The summed E-state index contributed by atoms with van der Waals surface area (Å²) in [5, 5.41) is 10.0. The van der Waals surface area contributed by atoms with Crippen molar-refractivity contribution in [3.8, 4) is 0 Å². The lowest BCUT2D eigenvalue weighted by Gasteiger charge is -2.15. The molecule has 0 amide bonds. The van der Waals surface area contributed by atoms with Crippen molar-refractivity contribution in [2.45, 2.75) is 78.6 Å². The molecule has 2 heteroatoms. The fourth-order valence-electron chi connectivity index (χ4n) is 3.17. The molecule has 22 heavy (non-hydrogen) atoms. The van der Waals surface area contributed by atoms with Crippen LogP contribution >= 0.6 is 0 Å². The van der Waals surface area contributed by atoms with Crippen LogP contribution in [0, 0.1) is 0 Å². The van der Waals surface area contributed by atoms with Gasteiger partial charge in [0.05, 0.1) is 6.10 Å². The molecule has 1 aliphatic heterocycles. The van der Waals surface area contributed by atoms with Crippen molar-refractivity contribution in [1.82, 2.24) is 0 Å². The smallest absolute Gasteiger partial charge is 0.177 e. The summed E-state index contributed by atoms with van der Waals surface area (Å²) >= 11 is 0. The van der Waals surface area contributed by atoms with Crippen molar-refractivity contribution in [2.24, 2.45) is 0 Å². The normalized spacial score (nSPS) is 35.6. The van der Waals surface area contributed by atoms with Gasteiger partial charge in [0.25, 0.3) is 0 Å². The fourth-order valence-corrected chi connectivity index (χ4v) is 3.17. The van der Waals surface area contributed by atoms with Crippen molar-refractivity contribution in [1.29, 1.82) is 0 Å². The Bertz CT molecular complexity index is 520. The van der Waals surface area contributed by atoms with Gasteiger partial charge in [0.2, 0.25) is 0 Å². The molecule has 122 valence electrons. The Morgan fingerprint density at radius 3 is 2.18 bits per heavy atom. The molecule has 1 aliphatic carbocycles. The first-order valence-electron chi connectivity index (χ1n) is 8.47. The number of ether oxygens (including phenoxy) is 1. The third kappa shape index (κ3) is 4.69. The van der Waals surface area contributed by atoms with Gasteiger partial charge in [-0.05, 0) is 77.4 Å². The second kappa shape index (κ2) is 7.94. The molecule has 0 spiro atoms. The molecule has 0 saturated heterocycles. The van der Waals surface area contributed by atoms with E-state index in [9.17, 15) is 5.11 Å². The molecule has 1 heterocycles. The molecule has 0 aromatic carbocycles. The number of hydrogen-bond donors (Lipinski definition) is 1. The minimum absolute atomic E-state index is 0.0369. The van der Waals surface area contributed by atoms with Gasteiger partial charge in [0.15, 0.2) is 6.29 Å². The molecule has 0 fully saturated rings. The highest BCUT2D eigenvalue weighted by Crippen LogP contribution is 2.33. The molecule has 2 rings (SSSR count). The van der Waals surface area contributed by atoms with Gasteiger partial charge < -0.3 is 9.84 Å². The summed E-state index contributed by atoms with van der Waals surface area (Å²) < 4.78 is 5.76. The monoisotopic (exact) mass is 302 g/mol. The standard InChI is InChI=1S/C20H30O2/c1-14-7-5-9-15(2)11-12-18-17(4)20(21)22-19(18)13-16(3)10-6-8-14/h7,10-11,19-21H,5-6,8-9,12-13H2,1-4H3/b14-7+,15-11+,16-10+/t19-,20?/m0/s1. The minimum Gasteiger partial charge on any atom is -0.364 e. The van der Waals surface area contributed by atoms with E-state index in [1.54, 1.807) is 0 Å². The van der Waals surface area contributed by atoms with Gasteiger partial charge in [-0.15, -0.1) is 0 Å². The van der Waals surface area contributed by atoms with E-state index in [-0.39, 0.29) is 6.10 Å². The molecule has 0 radical (unpaired) electrons. The lowest BCUT2D eigenvalue weighted by atomic mass is 9.95. The van der Waals surface area contributed by atoms with E-state index in [4.69, 9.17) is 4.74 Å².